The number of hydrogen-bond acceptors (Lipinski definition) is 3. The van der Waals surface area contributed by atoms with Crippen LogP contribution in [-0.4, -0.2) is 23.5 Å². The van der Waals surface area contributed by atoms with Gasteiger partial charge >= 0.3 is 0 Å². The number of primary amides is 1. The van der Waals surface area contributed by atoms with Crippen LogP contribution in [0.15, 0.2) is 12.1 Å². The average Bonchev–Trinajstić information content (AvgIpc) is 2.36. The molecule has 0 spiro atoms. The highest BCUT2D eigenvalue weighted by atomic mass is 32.2. The van der Waals surface area contributed by atoms with Gasteiger partial charge in [0.2, 0.25) is 5.91 Å². The van der Waals surface area contributed by atoms with E-state index in [0.29, 0.717) is 11.3 Å². The highest BCUT2D eigenvalue weighted by Gasteiger charge is 2.33. The van der Waals surface area contributed by atoms with Crippen molar-refractivity contribution in [1.29, 1.82) is 0 Å². The van der Waals surface area contributed by atoms with Crippen LogP contribution in [0, 0.1) is 18.2 Å². The van der Waals surface area contributed by atoms with Crippen molar-refractivity contribution in [2.24, 2.45) is 11.1 Å². The van der Waals surface area contributed by atoms with E-state index in [-0.39, 0.29) is 17.0 Å². The number of amides is 1. The second-order valence-corrected chi connectivity index (χ2v) is 7.16. The number of hydrogen-bond donors (Lipinski definition) is 2. The molecule has 1 saturated heterocycles. The van der Waals surface area contributed by atoms with Gasteiger partial charge in [-0.1, -0.05) is 13.8 Å². The van der Waals surface area contributed by atoms with E-state index in [2.05, 4.69) is 19.2 Å². The van der Waals surface area contributed by atoms with Gasteiger partial charge in [0.1, 0.15) is 5.82 Å². The summed E-state index contributed by atoms with van der Waals surface area (Å²) >= 11 is 1.90. The van der Waals surface area contributed by atoms with Gasteiger partial charge in [-0.05, 0) is 36.6 Å². The van der Waals surface area contributed by atoms with E-state index in [1.165, 1.54) is 6.07 Å². The highest BCUT2D eigenvalue weighted by molar-refractivity contribution is 7.99. The second kappa shape index (κ2) is 5.64. The summed E-state index contributed by atoms with van der Waals surface area (Å²) in [5.74, 6) is 1.13. The molecule has 1 aromatic rings. The largest absolute Gasteiger partial charge is 0.381 e. The van der Waals surface area contributed by atoms with Crippen molar-refractivity contribution >= 4 is 23.4 Å². The molecule has 1 aliphatic heterocycles. The van der Waals surface area contributed by atoms with Crippen molar-refractivity contribution in [1.82, 2.24) is 0 Å². The van der Waals surface area contributed by atoms with Crippen molar-refractivity contribution in [3.05, 3.63) is 29.1 Å². The van der Waals surface area contributed by atoms with Crippen molar-refractivity contribution in [2.45, 2.75) is 33.2 Å². The summed E-state index contributed by atoms with van der Waals surface area (Å²) in [5, 5.41) is 3.41. The third-order valence-corrected chi connectivity index (χ3v) is 5.14. The van der Waals surface area contributed by atoms with Gasteiger partial charge in [0.05, 0.1) is 0 Å². The van der Waals surface area contributed by atoms with Crippen LogP contribution >= 0.6 is 11.8 Å². The van der Waals surface area contributed by atoms with Gasteiger partial charge in [0.25, 0.3) is 0 Å². The fraction of sp³-hybridized carbons (Fsp3) is 0.533. The number of carbonyl (C=O) groups is 1. The van der Waals surface area contributed by atoms with Crippen LogP contribution in [0.25, 0.3) is 0 Å². The lowest BCUT2D eigenvalue weighted by atomic mass is 9.82. The smallest absolute Gasteiger partial charge is 0.248 e. The Labute approximate surface area is 123 Å². The third-order valence-electron chi connectivity index (χ3n) is 4.08. The van der Waals surface area contributed by atoms with E-state index < -0.39 is 11.7 Å². The minimum Gasteiger partial charge on any atom is -0.381 e. The van der Waals surface area contributed by atoms with E-state index in [9.17, 15) is 9.18 Å². The standard InChI is InChI=1S/C15H21FN2OS/c1-9-11(16)6-10(14(17)19)7-12(9)18-13-8-20-5-4-15(13,2)3/h6-7,13,18H,4-5,8H2,1-3H3,(H2,17,19). The average molecular weight is 296 g/mol. The second-order valence-electron chi connectivity index (χ2n) is 6.01. The predicted octanol–water partition coefficient (Wildman–Crippen LogP) is 3.18. The van der Waals surface area contributed by atoms with Crippen LogP contribution in [0.5, 0.6) is 0 Å². The zero-order valence-corrected chi connectivity index (χ0v) is 12.9. The molecule has 1 aromatic carbocycles. The molecule has 3 N–H and O–H groups in total. The summed E-state index contributed by atoms with van der Waals surface area (Å²) in [5.41, 5.74) is 6.80. The molecule has 0 radical (unpaired) electrons. The Morgan fingerprint density at radius 1 is 1.50 bits per heavy atom. The third kappa shape index (κ3) is 3.08. The Kier molecular flexibility index (Phi) is 4.28. The molecule has 1 heterocycles. The van der Waals surface area contributed by atoms with Gasteiger partial charge < -0.3 is 11.1 Å². The van der Waals surface area contributed by atoms with E-state index in [4.69, 9.17) is 5.73 Å². The van der Waals surface area contributed by atoms with Gasteiger partial charge in [-0.15, -0.1) is 0 Å². The molecule has 1 aliphatic rings. The summed E-state index contributed by atoms with van der Waals surface area (Å²) in [6.45, 7) is 6.15. The fourth-order valence-corrected chi connectivity index (χ4v) is 3.94. The molecule has 2 rings (SSSR count). The number of anilines is 1. The first-order chi connectivity index (χ1) is 9.31. The Morgan fingerprint density at radius 2 is 2.20 bits per heavy atom. The Hall–Kier alpha value is -1.23. The minimum absolute atomic E-state index is 0.150. The zero-order valence-electron chi connectivity index (χ0n) is 12.1. The summed E-state index contributed by atoms with van der Waals surface area (Å²) in [6, 6.07) is 3.10. The lowest BCUT2D eigenvalue weighted by Gasteiger charge is -2.39. The SMILES string of the molecule is Cc1c(F)cc(C(N)=O)cc1NC1CSCCC1(C)C. The molecular formula is C15H21FN2OS. The van der Waals surface area contributed by atoms with Gasteiger partial charge in [0.15, 0.2) is 0 Å². The number of thioether (sulfide) groups is 1. The molecular weight excluding hydrogens is 275 g/mol. The molecule has 110 valence electrons. The fourth-order valence-electron chi connectivity index (χ4n) is 2.33. The van der Waals surface area contributed by atoms with Gasteiger partial charge in [-0.25, -0.2) is 4.39 Å². The van der Waals surface area contributed by atoms with Crippen molar-refractivity contribution in [2.75, 3.05) is 16.8 Å². The number of nitrogens with one attached hydrogen (secondary N) is 1. The molecule has 1 fully saturated rings. The maximum atomic E-state index is 13.9. The Bertz CT molecular complexity index is 531. The first kappa shape index (κ1) is 15.2. The lowest BCUT2D eigenvalue weighted by molar-refractivity contribution is 0.1000. The quantitative estimate of drug-likeness (QED) is 0.900. The maximum Gasteiger partial charge on any atom is 0.248 e. The molecule has 0 bridgehead atoms. The summed E-state index contributed by atoms with van der Waals surface area (Å²) in [7, 11) is 0. The topological polar surface area (TPSA) is 55.1 Å². The summed E-state index contributed by atoms with van der Waals surface area (Å²) < 4.78 is 13.9. The van der Waals surface area contributed by atoms with Crippen LogP contribution in [0.2, 0.25) is 0 Å². The van der Waals surface area contributed by atoms with Gasteiger partial charge in [-0.2, -0.15) is 11.8 Å². The van der Waals surface area contributed by atoms with Crippen LogP contribution < -0.4 is 11.1 Å². The summed E-state index contributed by atoms with van der Waals surface area (Å²) in [6.07, 6.45) is 1.12. The first-order valence-electron chi connectivity index (χ1n) is 6.75. The number of benzene rings is 1. The summed E-state index contributed by atoms with van der Waals surface area (Å²) in [4.78, 5) is 11.3. The number of nitrogens with two attached hydrogens (primary N) is 1. The molecule has 1 atom stereocenters. The van der Waals surface area contributed by atoms with Crippen molar-refractivity contribution in [3.63, 3.8) is 0 Å². The monoisotopic (exact) mass is 296 g/mol. The van der Waals surface area contributed by atoms with Crippen LogP contribution in [0.3, 0.4) is 0 Å². The minimum atomic E-state index is -0.607. The van der Waals surface area contributed by atoms with E-state index >= 15 is 0 Å². The van der Waals surface area contributed by atoms with Crippen LogP contribution in [-0.2, 0) is 0 Å². The van der Waals surface area contributed by atoms with Crippen molar-refractivity contribution < 1.29 is 9.18 Å². The van der Waals surface area contributed by atoms with Gasteiger partial charge in [-0.3, -0.25) is 4.79 Å². The Morgan fingerprint density at radius 3 is 2.80 bits per heavy atom. The van der Waals surface area contributed by atoms with Crippen LogP contribution in [0.4, 0.5) is 10.1 Å². The van der Waals surface area contributed by atoms with Crippen molar-refractivity contribution in [3.8, 4) is 0 Å². The predicted molar refractivity (Wildman–Crippen MR) is 82.8 cm³/mol. The van der Waals surface area contributed by atoms with E-state index in [0.717, 1.165) is 17.9 Å². The number of halogens is 1. The normalized spacial score (nSPS) is 21.5. The molecule has 0 saturated carbocycles. The van der Waals surface area contributed by atoms with Gasteiger partial charge in [0, 0.05) is 28.6 Å². The van der Waals surface area contributed by atoms with Crippen LogP contribution in [0.1, 0.15) is 36.2 Å². The highest BCUT2D eigenvalue weighted by Crippen LogP contribution is 2.36. The lowest BCUT2D eigenvalue weighted by Crippen LogP contribution is -2.41. The molecule has 1 unspecified atom stereocenters. The molecule has 3 nitrogen and oxygen atoms in total. The molecule has 5 heteroatoms. The first-order valence-corrected chi connectivity index (χ1v) is 7.91. The maximum absolute atomic E-state index is 13.9. The number of rotatable bonds is 3. The molecule has 0 aromatic heterocycles. The molecule has 1 amide bonds. The van der Waals surface area contributed by atoms with E-state index in [1.807, 2.05) is 11.8 Å². The molecule has 20 heavy (non-hydrogen) atoms. The number of carbonyl (C=O) groups excluding carboxylic acids is 1. The van der Waals surface area contributed by atoms with E-state index in [1.54, 1.807) is 13.0 Å². The zero-order chi connectivity index (χ0) is 14.9. The molecule has 0 aliphatic carbocycles. The Balaban J connectivity index is 2.30.